The summed E-state index contributed by atoms with van der Waals surface area (Å²) in [6, 6.07) is 0.0518. The molecule has 0 aromatic carbocycles. The van der Waals surface area contributed by atoms with Gasteiger partial charge in [-0.1, -0.05) is 39.5 Å². The van der Waals surface area contributed by atoms with E-state index < -0.39 is 0 Å². The number of piperidine rings is 1. The first-order chi connectivity index (χ1) is 9.09. The summed E-state index contributed by atoms with van der Waals surface area (Å²) >= 11 is 0. The number of hydrogen-bond acceptors (Lipinski definition) is 2. The summed E-state index contributed by atoms with van der Waals surface area (Å²) in [5, 5.41) is 6.51. The number of nitrogens with one attached hydrogen (secondary N) is 2. The Bertz CT molecular complexity index is 289. The van der Waals surface area contributed by atoms with Crippen LogP contribution >= 0.6 is 0 Å². The van der Waals surface area contributed by atoms with Gasteiger partial charge in [0.15, 0.2) is 0 Å². The molecular weight excluding hydrogens is 236 g/mol. The quantitative estimate of drug-likeness (QED) is 0.821. The predicted molar refractivity (Wildman–Crippen MR) is 79.0 cm³/mol. The van der Waals surface area contributed by atoms with Crippen LogP contribution in [0.15, 0.2) is 0 Å². The molecule has 110 valence electrons. The smallest absolute Gasteiger partial charge is 0.237 e. The molecule has 3 nitrogen and oxygen atoms in total. The summed E-state index contributed by atoms with van der Waals surface area (Å²) in [4.78, 5) is 12.2. The molecule has 19 heavy (non-hydrogen) atoms. The van der Waals surface area contributed by atoms with Crippen LogP contribution in [0.5, 0.6) is 0 Å². The molecule has 2 N–H and O–H groups in total. The van der Waals surface area contributed by atoms with Gasteiger partial charge in [0, 0.05) is 6.54 Å². The van der Waals surface area contributed by atoms with Crippen molar-refractivity contribution in [1.82, 2.24) is 10.6 Å². The maximum atomic E-state index is 12.2. The van der Waals surface area contributed by atoms with Gasteiger partial charge in [0.05, 0.1) is 6.04 Å². The van der Waals surface area contributed by atoms with Crippen molar-refractivity contribution in [2.45, 2.75) is 71.3 Å². The molecule has 0 aromatic heterocycles. The number of amides is 1. The molecule has 0 aromatic rings. The Morgan fingerprint density at radius 2 is 1.79 bits per heavy atom. The van der Waals surface area contributed by atoms with E-state index in [9.17, 15) is 4.79 Å². The van der Waals surface area contributed by atoms with Crippen molar-refractivity contribution in [3.63, 3.8) is 0 Å². The van der Waals surface area contributed by atoms with Crippen molar-refractivity contribution in [3.8, 4) is 0 Å². The first-order valence-electron chi connectivity index (χ1n) is 8.11. The highest BCUT2D eigenvalue weighted by Crippen LogP contribution is 2.37. The molecule has 1 unspecified atom stereocenters. The van der Waals surface area contributed by atoms with Crippen LogP contribution in [0.25, 0.3) is 0 Å². The molecule has 1 heterocycles. The minimum Gasteiger partial charge on any atom is -0.354 e. The molecule has 1 aliphatic heterocycles. The monoisotopic (exact) mass is 266 g/mol. The third-order valence-corrected chi connectivity index (χ3v) is 5.06. The Balaban J connectivity index is 1.77. The highest BCUT2D eigenvalue weighted by molar-refractivity contribution is 5.81. The van der Waals surface area contributed by atoms with Crippen molar-refractivity contribution < 1.29 is 4.79 Å². The zero-order valence-electron chi connectivity index (χ0n) is 12.6. The molecule has 2 rings (SSSR count). The second-order valence-corrected chi connectivity index (χ2v) is 7.04. The Morgan fingerprint density at radius 1 is 1.11 bits per heavy atom. The lowest BCUT2D eigenvalue weighted by Crippen LogP contribution is -2.49. The van der Waals surface area contributed by atoms with E-state index in [1.54, 1.807) is 0 Å². The van der Waals surface area contributed by atoms with E-state index in [1.807, 2.05) is 0 Å². The van der Waals surface area contributed by atoms with Crippen molar-refractivity contribution in [2.24, 2.45) is 11.3 Å². The standard InChI is InChI=1S/C16H30N2O/c1-16(2,13-8-4-3-5-9-13)12-18-15(19)14-10-6-7-11-17-14/h13-14,17H,3-12H2,1-2H3,(H,18,19). The molecule has 0 bridgehead atoms. The lowest BCUT2D eigenvalue weighted by molar-refractivity contribution is -0.124. The van der Waals surface area contributed by atoms with E-state index >= 15 is 0 Å². The second kappa shape index (κ2) is 6.74. The lowest BCUT2D eigenvalue weighted by atomic mass is 9.71. The van der Waals surface area contributed by atoms with Crippen LogP contribution in [0.1, 0.15) is 65.2 Å². The van der Waals surface area contributed by atoms with Crippen LogP contribution in [0.4, 0.5) is 0 Å². The van der Waals surface area contributed by atoms with Gasteiger partial charge in [0.1, 0.15) is 0 Å². The number of carbonyl (C=O) groups excluding carboxylic acids is 1. The van der Waals surface area contributed by atoms with E-state index in [-0.39, 0.29) is 17.4 Å². The Morgan fingerprint density at radius 3 is 2.42 bits per heavy atom. The van der Waals surface area contributed by atoms with Crippen molar-refractivity contribution in [3.05, 3.63) is 0 Å². The largest absolute Gasteiger partial charge is 0.354 e. The highest BCUT2D eigenvalue weighted by Gasteiger charge is 2.31. The fourth-order valence-electron chi connectivity index (χ4n) is 3.54. The van der Waals surface area contributed by atoms with Gasteiger partial charge in [0.25, 0.3) is 0 Å². The van der Waals surface area contributed by atoms with Crippen molar-refractivity contribution in [2.75, 3.05) is 13.1 Å². The van der Waals surface area contributed by atoms with Gasteiger partial charge < -0.3 is 10.6 Å². The summed E-state index contributed by atoms with van der Waals surface area (Å²) in [5.41, 5.74) is 0.241. The molecule has 1 aliphatic carbocycles. The van der Waals surface area contributed by atoms with Gasteiger partial charge >= 0.3 is 0 Å². The molecule has 3 heteroatoms. The molecule has 2 fully saturated rings. The fourth-order valence-corrected chi connectivity index (χ4v) is 3.54. The lowest BCUT2D eigenvalue weighted by Gasteiger charge is -2.37. The van der Waals surface area contributed by atoms with Gasteiger partial charge in [-0.05, 0) is 43.6 Å². The van der Waals surface area contributed by atoms with Crippen LogP contribution in [0, 0.1) is 11.3 Å². The van der Waals surface area contributed by atoms with Crippen LogP contribution < -0.4 is 10.6 Å². The zero-order chi connectivity index (χ0) is 13.7. The van der Waals surface area contributed by atoms with Crippen LogP contribution in [-0.4, -0.2) is 25.0 Å². The first kappa shape index (κ1) is 14.8. The van der Waals surface area contributed by atoms with Crippen molar-refractivity contribution in [1.29, 1.82) is 0 Å². The second-order valence-electron chi connectivity index (χ2n) is 7.04. The maximum absolute atomic E-state index is 12.2. The number of rotatable bonds is 4. The Labute approximate surface area is 117 Å². The van der Waals surface area contributed by atoms with Gasteiger partial charge in [-0.3, -0.25) is 4.79 Å². The minimum atomic E-state index is 0.0518. The normalized spacial score (nSPS) is 26.1. The summed E-state index contributed by atoms with van der Waals surface area (Å²) in [6.45, 7) is 6.45. The van der Waals surface area contributed by atoms with Crippen molar-refractivity contribution >= 4 is 5.91 Å². The summed E-state index contributed by atoms with van der Waals surface area (Å²) in [6.07, 6.45) is 10.2. The van der Waals surface area contributed by atoms with E-state index in [0.717, 1.165) is 25.4 Å². The predicted octanol–water partition coefficient (Wildman–Crippen LogP) is 2.85. The zero-order valence-corrected chi connectivity index (χ0v) is 12.6. The average molecular weight is 266 g/mol. The molecule has 0 radical (unpaired) electrons. The van der Waals surface area contributed by atoms with Gasteiger partial charge in [-0.15, -0.1) is 0 Å². The van der Waals surface area contributed by atoms with Gasteiger partial charge in [0.2, 0.25) is 5.91 Å². The van der Waals surface area contributed by atoms with Gasteiger partial charge in [-0.2, -0.15) is 0 Å². The Kier molecular flexibility index (Phi) is 5.26. The SMILES string of the molecule is CC(C)(CNC(=O)C1CCCCN1)C1CCCCC1. The molecule has 1 saturated heterocycles. The maximum Gasteiger partial charge on any atom is 0.237 e. The summed E-state index contributed by atoms with van der Waals surface area (Å²) in [5.74, 6) is 0.990. The molecule has 1 saturated carbocycles. The molecular formula is C16H30N2O. The van der Waals surface area contributed by atoms with Gasteiger partial charge in [-0.25, -0.2) is 0 Å². The highest BCUT2D eigenvalue weighted by atomic mass is 16.2. The van der Waals surface area contributed by atoms with E-state index in [4.69, 9.17) is 0 Å². The molecule has 2 aliphatic rings. The molecule has 1 atom stereocenters. The topological polar surface area (TPSA) is 41.1 Å². The number of hydrogen-bond donors (Lipinski definition) is 2. The third-order valence-electron chi connectivity index (χ3n) is 5.06. The van der Waals surface area contributed by atoms with E-state index in [2.05, 4.69) is 24.5 Å². The van der Waals surface area contributed by atoms with Crippen LogP contribution in [0.3, 0.4) is 0 Å². The third kappa shape index (κ3) is 4.20. The average Bonchev–Trinajstić information content (AvgIpc) is 2.47. The minimum absolute atomic E-state index is 0.0518. The molecule has 0 spiro atoms. The fraction of sp³-hybridized carbons (Fsp3) is 0.938. The van der Waals surface area contributed by atoms with E-state index in [1.165, 1.54) is 44.9 Å². The van der Waals surface area contributed by atoms with E-state index in [0.29, 0.717) is 0 Å². The first-order valence-corrected chi connectivity index (χ1v) is 8.11. The molecule has 1 amide bonds. The Hall–Kier alpha value is -0.570. The van der Waals surface area contributed by atoms with Crippen LogP contribution in [-0.2, 0) is 4.79 Å². The summed E-state index contributed by atoms with van der Waals surface area (Å²) < 4.78 is 0. The number of carbonyl (C=O) groups is 1. The van der Waals surface area contributed by atoms with Crippen LogP contribution in [0.2, 0.25) is 0 Å². The summed E-state index contributed by atoms with van der Waals surface area (Å²) in [7, 11) is 0.